The molecule has 82 valence electrons. The lowest BCUT2D eigenvalue weighted by molar-refractivity contribution is 0.502. The fraction of sp³-hybridized carbons (Fsp3) is 0.571. The van der Waals surface area contributed by atoms with Crippen molar-refractivity contribution in [1.82, 2.24) is 0 Å². The Labute approximate surface area is 97.6 Å². The summed E-state index contributed by atoms with van der Waals surface area (Å²) in [6, 6.07) is 8.96. The van der Waals surface area contributed by atoms with Crippen molar-refractivity contribution >= 4 is 11.6 Å². The minimum Gasteiger partial charge on any atom is -0.127 e. The maximum absolute atomic E-state index is 5.72. The summed E-state index contributed by atoms with van der Waals surface area (Å²) >= 11 is 5.72. The Hall–Kier alpha value is -0.490. The number of aryl methyl sites for hydroxylation is 1. The lowest BCUT2D eigenvalue weighted by atomic mass is 9.80. The molecule has 0 amide bonds. The third-order valence-corrected chi connectivity index (χ3v) is 3.70. The molecule has 0 nitrogen and oxygen atoms in total. The van der Waals surface area contributed by atoms with Gasteiger partial charge in [-0.3, -0.25) is 0 Å². The van der Waals surface area contributed by atoms with E-state index in [0.717, 1.165) is 11.8 Å². The summed E-state index contributed by atoms with van der Waals surface area (Å²) in [4.78, 5) is 0. The molecule has 1 unspecified atom stereocenters. The topological polar surface area (TPSA) is 0 Å². The third-order valence-electron chi connectivity index (χ3n) is 3.43. The van der Waals surface area contributed by atoms with Crippen molar-refractivity contribution in [2.24, 2.45) is 0 Å². The number of hydrogen-bond acceptors (Lipinski definition) is 0. The molecule has 1 atom stereocenters. The Kier molecular flexibility index (Phi) is 4.08. The van der Waals surface area contributed by atoms with Crippen molar-refractivity contribution in [2.45, 2.75) is 44.4 Å². The molecular formula is C14H19Cl. The van der Waals surface area contributed by atoms with Gasteiger partial charge in [-0.1, -0.05) is 30.7 Å². The zero-order chi connectivity index (χ0) is 10.5. The highest BCUT2D eigenvalue weighted by Crippen LogP contribution is 2.34. The molecule has 0 bridgehead atoms. The number of unbranched alkanes of at least 4 members (excludes halogenated alkanes) is 1. The number of hydrogen-bond donors (Lipinski definition) is 0. The van der Waals surface area contributed by atoms with Gasteiger partial charge < -0.3 is 0 Å². The minimum absolute atomic E-state index is 0.804. The zero-order valence-electron chi connectivity index (χ0n) is 9.21. The van der Waals surface area contributed by atoms with Crippen molar-refractivity contribution in [2.75, 3.05) is 5.88 Å². The Balaban J connectivity index is 2.02. The quantitative estimate of drug-likeness (QED) is 0.519. The van der Waals surface area contributed by atoms with E-state index in [9.17, 15) is 0 Å². The van der Waals surface area contributed by atoms with Crippen LogP contribution in [-0.4, -0.2) is 5.88 Å². The van der Waals surface area contributed by atoms with Crippen LogP contribution < -0.4 is 0 Å². The van der Waals surface area contributed by atoms with E-state index >= 15 is 0 Å². The van der Waals surface area contributed by atoms with Crippen LogP contribution in [0.1, 0.15) is 49.1 Å². The first kappa shape index (κ1) is 11.0. The molecule has 2 rings (SSSR count). The second-order valence-corrected chi connectivity index (χ2v) is 4.85. The molecular weight excluding hydrogens is 204 g/mol. The lowest BCUT2D eigenvalue weighted by Gasteiger charge is -2.25. The Morgan fingerprint density at radius 3 is 2.93 bits per heavy atom. The highest BCUT2D eigenvalue weighted by molar-refractivity contribution is 6.17. The molecule has 1 aliphatic rings. The smallest absolute Gasteiger partial charge is 0.0223 e. The van der Waals surface area contributed by atoms with Crippen molar-refractivity contribution in [3.05, 3.63) is 35.4 Å². The summed E-state index contributed by atoms with van der Waals surface area (Å²) in [5.74, 6) is 1.62. The Bertz CT molecular complexity index is 306. The minimum atomic E-state index is 0.804. The summed E-state index contributed by atoms with van der Waals surface area (Å²) in [5.41, 5.74) is 3.19. The van der Waals surface area contributed by atoms with Crippen molar-refractivity contribution in [3.63, 3.8) is 0 Å². The van der Waals surface area contributed by atoms with E-state index in [0.29, 0.717) is 0 Å². The first-order chi connectivity index (χ1) is 7.42. The molecule has 1 aromatic carbocycles. The number of benzene rings is 1. The standard InChI is InChI=1S/C14H19Cl/c15-11-4-3-7-13-9-5-8-12-6-1-2-10-14(12)13/h1-2,6,10,13H,3-5,7-9,11H2. The van der Waals surface area contributed by atoms with Gasteiger partial charge in [-0.05, 0) is 49.1 Å². The number of rotatable bonds is 4. The first-order valence-electron chi connectivity index (χ1n) is 6.05. The van der Waals surface area contributed by atoms with Crippen LogP contribution in [-0.2, 0) is 6.42 Å². The monoisotopic (exact) mass is 222 g/mol. The predicted octanol–water partition coefficient (Wildman–Crippen LogP) is 4.52. The molecule has 0 radical (unpaired) electrons. The molecule has 0 aromatic heterocycles. The van der Waals surface area contributed by atoms with Crippen LogP contribution in [0.5, 0.6) is 0 Å². The van der Waals surface area contributed by atoms with E-state index < -0.39 is 0 Å². The molecule has 0 aliphatic heterocycles. The largest absolute Gasteiger partial charge is 0.127 e. The van der Waals surface area contributed by atoms with Gasteiger partial charge in [-0.2, -0.15) is 0 Å². The van der Waals surface area contributed by atoms with E-state index in [1.165, 1.54) is 38.5 Å². The highest BCUT2D eigenvalue weighted by atomic mass is 35.5. The van der Waals surface area contributed by atoms with E-state index in [1.807, 2.05) is 0 Å². The molecule has 1 aliphatic carbocycles. The van der Waals surface area contributed by atoms with Gasteiger partial charge in [0.05, 0.1) is 0 Å². The molecule has 0 N–H and O–H groups in total. The molecule has 0 fully saturated rings. The van der Waals surface area contributed by atoms with Crippen LogP contribution in [0, 0.1) is 0 Å². The van der Waals surface area contributed by atoms with Crippen LogP contribution in [0.2, 0.25) is 0 Å². The van der Waals surface area contributed by atoms with Gasteiger partial charge in [0.1, 0.15) is 0 Å². The van der Waals surface area contributed by atoms with Crippen molar-refractivity contribution in [1.29, 1.82) is 0 Å². The van der Waals surface area contributed by atoms with Gasteiger partial charge in [0.2, 0.25) is 0 Å². The van der Waals surface area contributed by atoms with Gasteiger partial charge in [0.15, 0.2) is 0 Å². The van der Waals surface area contributed by atoms with Crippen LogP contribution in [0.15, 0.2) is 24.3 Å². The van der Waals surface area contributed by atoms with E-state index in [1.54, 1.807) is 11.1 Å². The normalized spacial score (nSPS) is 19.9. The fourth-order valence-corrected chi connectivity index (χ4v) is 2.83. The predicted molar refractivity (Wildman–Crippen MR) is 66.7 cm³/mol. The van der Waals surface area contributed by atoms with Crippen LogP contribution in [0.25, 0.3) is 0 Å². The van der Waals surface area contributed by atoms with Gasteiger partial charge >= 0.3 is 0 Å². The molecule has 0 heterocycles. The number of fused-ring (bicyclic) bond motifs is 1. The number of alkyl halides is 1. The van der Waals surface area contributed by atoms with Crippen LogP contribution in [0.4, 0.5) is 0 Å². The van der Waals surface area contributed by atoms with Gasteiger partial charge in [-0.25, -0.2) is 0 Å². The van der Waals surface area contributed by atoms with E-state index in [2.05, 4.69) is 24.3 Å². The number of halogens is 1. The SMILES string of the molecule is ClCCCCC1CCCc2ccccc21. The van der Waals surface area contributed by atoms with Crippen LogP contribution in [0.3, 0.4) is 0 Å². The molecule has 15 heavy (non-hydrogen) atoms. The lowest BCUT2D eigenvalue weighted by Crippen LogP contribution is -2.09. The third kappa shape index (κ3) is 2.75. The summed E-state index contributed by atoms with van der Waals surface area (Å²) in [5, 5.41) is 0. The maximum Gasteiger partial charge on any atom is 0.0223 e. The zero-order valence-corrected chi connectivity index (χ0v) is 9.97. The highest BCUT2D eigenvalue weighted by Gasteiger charge is 2.18. The second-order valence-electron chi connectivity index (χ2n) is 4.47. The Morgan fingerprint density at radius 2 is 2.07 bits per heavy atom. The summed E-state index contributed by atoms with van der Waals surface area (Å²) < 4.78 is 0. The molecule has 0 saturated heterocycles. The molecule has 0 spiro atoms. The molecule has 0 saturated carbocycles. The van der Waals surface area contributed by atoms with Crippen molar-refractivity contribution in [3.8, 4) is 0 Å². The van der Waals surface area contributed by atoms with Gasteiger partial charge in [0.25, 0.3) is 0 Å². The summed E-state index contributed by atoms with van der Waals surface area (Å²) in [6.07, 6.45) is 7.79. The van der Waals surface area contributed by atoms with E-state index in [-0.39, 0.29) is 0 Å². The maximum atomic E-state index is 5.72. The second kappa shape index (κ2) is 5.55. The fourth-order valence-electron chi connectivity index (χ4n) is 2.64. The van der Waals surface area contributed by atoms with Gasteiger partial charge in [-0.15, -0.1) is 11.6 Å². The summed E-state index contributed by atoms with van der Waals surface area (Å²) in [7, 11) is 0. The first-order valence-corrected chi connectivity index (χ1v) is 6.59. The van der Waals surface area contributed by atoms with Gasteiger partial charge in [0, 0.05) is 5.88 Å². The van der Waals surface area contributed by atoms with Crippen LogP contribution >= 0.6 is 11.6 Å². The van der Waals surface area contributed by atoms with Crippen molar-refractivity contribution < 1.29 is 0 Å². The Morgan fingerprint density at radius 1 is 1.20 bits per heavy atom. The molecule has 1 aromatic rings. The molecule has 1 heteroatoms. The average molecular weight is 223 g/mol. The van der Waals surface area contributed by atoms with E-state index in [4.69, 9.17) is 11.6 Å². The average Bonchev–Trinajstić information content (AvgIpc) is 2.30. The summed E-state index contributed by atoms with van der Waals surface area (Å²) in [6.45, 7) is 0.